The second kappa shape index (κ2) is 4.41. The van der Waals surface area contributed by atoms with E-state index in [1.54, 1.807) is 23.1 Å². The maximum atomic E-state index is 12.8. The molecule has 4 rings (SSSR count). The van der Waals surface area contributed by atoms with Crippen molar-refractivity contribution in [3.8, 4) is 0 Å². The Morgan fingerprint density at radius 3 is 2.81 bits per heavy atom. The van der Waals surface area contributed by atoms with Crippen LogP contribution in [0.15, 0.2) is 35.1 Å². The monoisotopic (exact) mass is 304 g/mol. The zero-order chi connectivity index (χ0) is 14.6. The first kappa shape index (κ1) is 13.0. The van der Waals surface area contributed by atoms with Crippen molar-refractivity contribution < 1.29 is 9.21 Å². The highest BCUT2D eigenvalue weighted by molar-refractivity contribution is 6.31. The molecule has 0 aromatic carbocycles. The maximum Gasteiger partial charge on any atom is 0.271 e. The first-order chi connectivity index (χ1) is 10.1. The van der Waals surface area contributed by atoms with Crippen LogP contribution in [-0.2, 0) is 7.05 Å². The van der Waals surface area contributed by atoms with Crippen LogP contribution in [0.2, 0.25) is 5.02 Å². The van der Waals surface area contributed by atoms with Gasteiger partial charge < -0.3 is 13.9 Å². The van der Waals surface area contributed by atoms with E-state index < -0.39 is 0 Å². The van der Waals surface area contributed by atoms with Gasteiger partial charge in [0.25, 0.3) is 5.91 Å². The van der Waals surface area contributed by atoms with E-state index in [0.29, 0.717) is 10.7 Å². The number of nitrogens with zero attached hydrogens (tertiary/aromatic N) is 2. The number of hydrogen-bond donors (Lipinski definition) is 0. The molecule has 1 saturated carbocycles. The lowest BCUT2D eigenvalue weighted by Crippen LogP contribution is -2.63. The molecule has 0 unspecified atom stereocenters. The number of halogens is 1. The van der Waals surface area contributed by atoms with Gasteiger partial charge in [-0.1, -0.05) is 18.0 Å². The summed E-state index contributed by atoms with van der Waals surface area (Å²) in [4.78, 5) is 14.7. The molecule has 4 nitrogen and oxygen atoms in total. The first-order valence-electron chi connectivity index (χ1n) is 7.27. The van der Waals surface area contributed by atoms with E-state index in [-0.39, 0.29) is 17.4 Å². The number of rotatable bonds is 2. The molecule has 1 aliphatic heterocycles. The van der Waals surface area contributed by atoms with Gasteiger partial charge in [-0.25, -0.2) is 0 Å². The van der Waals surface area contributed by atoms with Crippen molar-refractivity contribution in [2.75, 3.05) is 6.54 Å². The van der Waals surface area contributed by atoms with Gasteiger partial charge in [-0.3, -0.25) is 4.79 Å². The zero-order valence-electron chi connectivity index (χ0n) is 11.9. The van der Waals surface area contributed by atoms with Crippen LogP contribution in [0.25, 0.3) is 0 Å². The van der Waals surface area contributed by atoms with Gasteiger partial charge in [0.1, 0.15) is 11.5 Å². The highest BCUT2D eigenvalue weighted by Crippen LogP contribution is 2.60. The van der Waals surface area contributed by atoms with Crippen LogP contribution in [0.1, 0.15) is 41.6 Å². The number of furan rings is 1. The molecule has 0 N–H and O–H groups in total. The van der Waals surface area contributed by atoms with E-state index in [1.807, 2.05) is 24.1 Å². The summed E-state index contributed by atoms with van der Waals surface area (Å²) in [5.41, 5.74) is 0.869. The fourth-order valence-electron chi connectivity index (χ4n) is 3.77. The molecule has 0 bridgehead atoms. The van der Waals surface area contributed by atoms with Crippen LogP contribution in [0.4, 0.5) is 0 Å². The Morgan fingerprint density at radius 1 is 1.48 bits per heavy atom. The molecule has 3 heterocycles. The molecule has 1 atom stereocenters. The van der Waals surface area contributed by atoms with Crippen LogP contribution in [-0.4, -0.2) is 21.9 Å². The number of likely N-dealkylation sites (tertiary alicyclic amines) is 1. The molecule has 2 aliphatic rings. The highest BCUT2D eigenvalue weighted by Gasteiger charge is 2.59. The lowest BCUT2D eigenvalue weighted by molar-refractivity contribution is -0.113. The Kier molecular flexibility index (Phi) is 2.73. The van der Waals surface area contributed by atoms with Gasteiger partial charge in [0, 0.05) is 25.2 Å². The first-order valence-corrected chi connectivity index (χ1v) is 7.65. The third-order valence-corrected chi connectivity index (χ3v) is 5.20. The Labute approximate surface area is 128 Å². The van der Waals surface area contributed by atoms with Gasteiger partial charge in [0.2, 0.25) is 0 Å². The van der Waals surface area contributed by atoms with Crippen LogP contribution < -0.4 is 0 Å². The second-order valence-electron chi connectivity index (χ2n) is 6.22. The molecule has 1 saturated heterocycles. The molecule has 1 amide bonds. The molecule has 2 fully saturated rings. The van der Waals surface area contributed by atoms with Crippen LogP contribution in [0.5, 0.6) is 0 Å². The molecule has 2 aromatic heterocycles. The number of hydrogen-bond acceptors (Lipinski definition) is 2. The summed E-state index contributed by atoms with van der Waals surface area (Å²) in [6.07, 6.45) is 7.04. The minimum atomic E-state index is 0.0309. The van der Waals surface area contributed by atoms with Crippen molar-refractivity contribution in [2.45, 2.75) is 25.3 Å². The summed E-state index contributed by atoms with van der Waals surface area (Å²) >= 11 is 6.00. The number of carbonyl (C=O) groups is 1. The van der Waals surface area contributed by atoms with Crippen molar-refractivity contribution in [2.24, 2.45) is 12.5 Å². The topological polar surface area (TPSA) is 38.4 Å². The summed E-state index contributed by atoms with van der Waals surface area (Å²) in [5, 5.41) is 0.592. The number of carbonyl (C=O) groups excluding carboxylic acids is 1. The molecule has 110 valence electrons. The van der Waals surface area contributed by atoms with E-state index >= 15 is 0 Å². The zero-order valence-corrected chi connectivity index (χ0v) is 12.6. The Hall–Kier alpha value is -1.68. The average Bonchev–Trinajstić information content (AvgIpc) is 2.96. The Balaban J connectivity index is 1.66. The molecule has 1 aliphatic carbocycles. The quantitative estimate of drug-likeness (QED) is 0.849. The molecule has 0 radical (unpaired) electrons. The molecular weight excluding hydrogens is 288 g/mol. The molecule has 21 heavy (non-hydrogen) atoms. The number of aromatic nitrogens is 1. The van der Waals surface area contributed by atoms with E-state index in [0.717, 1.165) is 12.3 Å². The Bertz CT molecular complexity index is 685. The summed E-state index contributed by atoms with van der Waals surface area (Å²) in [6.45, 7) is 0.819. The summed E-state index contributed by atoms with van der Waals surface area (Å²) in [5.74, 6) is 0.929. The van der Waals surface area contributed by atoms with Crippen molar-refractivity contribution in [3.63, 3.8) is 0 Å². The van der Waals surface area contributed by atoms with Gasteiger partial charge in [-0.05, 0) is 31.0 Å². The number of amides is 1. The van der Waals surface area contributed by atoms with E-state index in [2.05, 4.69) is 0 Å². The predicted octanol–water partition coefficient (Wildman–Crippen LogP) is 3.64. The summed E-state index contributed by atoms with van der Waals surface area (Å²) < 4.78 is 7.38. The maximum absolute atomic E-state index is 12.8. The largest absolute Gasteiger partial charge is 0.467 e. The van der Waals surface area contributed by atoms with Crippen molar-refractivity contribution in [3.05, 3.63) is 47.1 Å². The van der Waals surface area contributed by atoms with Crippen molar-refractivity contribution >= 4 is 17.5 Å². The van der Waals surface area contributed by atoms with E-state index in [9.17, 15) is 4.79 Å². The highest BCUT2D eigenvalue weighted by atomic mass is 35.5. The minimum absolute atomic E-state index is 0.0309. The molecule has 5 heteroatoms. The summed E-state index contributed by atoms with van der Waals surface area (Å²) in [6, 6.07) is 5.67. The van der Waals surface area contributed by atoms with Crippen molar-refractivity contribution in [1.29, 1.82) is 0 Å². The normalized spacial score (nSPS) is 23.0. The lowest BCUT2D eigenvalue weighted by Gasteiger charge is -2.61. The Morgan fingerprint density at radius 2 is 2.29 bits per heavy atom. The summed E-state index contributed by atoms with van der Waals surface area (Å²) in [7, 11) is 1.85. The average molecular weight is 305 g/mol. The predicted molar refractivity (Wildman–Crippen MR) is 79.2 cm³/mol. The van der Waals surface area contributed by atoms with Gasteiger partial charge in [0.05, 0.1) is 17.3 Å². The minimum Gasteiger partial charge on any atom is -0.467 e. The molecule has 1 spiro atoms. The van der Waals surface area contributed by atoms with Gasteiger partial charge in [-0.2, -0.15) is 0 Å². The van der Waals surface area contributed by atoms with Crippen LogP contribution >= 0.6 is 11.6 Å². The molecular formula is C16H17ClN2O2. The van der Waals surface area contributed by atoms with Crippen molar-refractivity contribution in [1.82, 2.24) is 9.47 Å². The molecule has 2 aromatic rings. The fourth-order valence-corrected chi connectivity index (χ4v) is 4.02. The van der Waals surface area contributed by atoms with Gasteiger partial charge >= 0.3 is 0 Å². The van der Waals surface area contributed by atoms with Gasteiger partial charge in [0.15, 0.2) is 0 Å². The number of aryl methyl sites for hydroxylation is 1. The smallest absolute Gasteiger partial charge is 0.271 e. The van der Waals surface area contributed by atoms with Crippen LogP contribution in [0, 0.1) is 5.41 Å². The fraction of sp³-hybridized carbons (Fsp3) is 0.438. The third kappa shape index (κ3) is 1.78. The van der Waals surface area contributed by atoms with Crippen LogP contribution in [0.3, 0.4) is 0 Å². The SMILES string of the molecule is Cn1cc(Cl)cc1C(=O)N1CC2(CCC2)[C@H]1c1ccco1. The van der Waals surface area contributed by atoms with Gasteiger partial charge in [-0.15, -0.1) is 0 Å². The standard InChI is InChI=1S/C16H17ClN2O2/c1-18-9-11(17)8-12(18)15(20)19-10-16(5-3-6-16)14(19)13-4-2-7-21-13/h2,4,7-9,14H,3,5-6,10H2,1H3/t14-/m1/s1. The van der Waals surface area contributed by atoms with E-state index in [4.69, 9.17) is 16.0 Å². The third-order valence-electron chi connectivity index (χ3n) is 4.99. The lowest BCUT2D eigenvalue weighted by atomic mass is 9.57. The second-order valence-corrected chi connectivity index (χ2v) is 6.66. The van der Waals surface area contributed by atoms with E-state index in [1.165, 1.54) is 19.3 Å².